The van der Waals surface area contributed by atoms with Gasteiger partial charge in [-0.25, -0.2) is 9.59 Å². The van der Waals surface area contributed by atoms with Crippen LogP contribution in [0.3, 0.4) is 0 Å². The van der Waals surface area contributed by atoms with Crippen molar-refractivity contribution in [3.8, 4) is 0 Å². The number of benzene rings is 3. The van der Waals surface area contributed by atoms with Crippen LogP contribution in [0.4, 0.5) is 17.1 Å². The predicted molar refractivity (Wildman–Crippen MR) is 118 cm³/mol. The molecule has 0 fully saturated rings. The van der Waals surface area contributed by atoms with Crippen LogP contribution in [0.25, 0.3) is 0 Å². The maximum Gasteiger partial charge on any atom is 0.338 e. The fourth-order valence-corrected chi connectivity index (χ4v) is 3.06. The van der Waals surface area contributed by atoms with Crippen molar-refractivity contribution in [2.24, 2.45) is 0 Å². The summed E-state index contributed by atoms with van der Waals surface area (Å²) < 4.78 is 10.1. The van der Waals surface area contributed by atoms with Crippen molar-refractivity contribution in [3.05, 3.63) is 89.5 Å². The summed E-state index contributed by atoms with van der Waals surface area (Å²) in [7, 11) is 0. The lowest BCUT2D eigenvalue weighted by molar-refractivity contribution is 0.0517. The minimum atomic E-state index is -0.343. The monoisotopic (exact) mass is 403 g/mol. The van der Waals surface area contributed by atoms with E-state index in [0.717, 1.165) is 22.6 Å². The molecule has 0 unspecified atom stereocenters. The molecule has 0 atom stereocenters. The number of esters is 2. The van der Waals surface area contributed by atoms with Gasteiger partial charge in [-0.3, -0.25) is 0 Å². The molecule has 0 aliphatic heterocycles. The van der Waals surface area contributed by atoms with E-state index in [9.17, 15) is 9.59 Å². The lowest BCUT2D eigenvalue weighted by Gasteiger charge is -2.26. The average Bonchev–Trinajstić information content (AvgIpc) is 2.76. The van der Waals surface area contributed by atoms with E-state index >= 15 is 0 Å². The first-order chi connectivity index (χ1) is 14.5. The second kappa shape index (κ2) is 9.74. The van der Waals surface area contributed by atoms with Gasteiger partial charge in [0, 0.05) is 17.1 Å². The van der Waals surface area contributed by atoms with E-state index in [2.05, 4.69) is 4.90 Å². The molecule has 0 aliphatic rings. The minimum Gasteiger partial charge on any atom is -0.462 e. The van der Waals surface area contributed by atoms with Crippen molar-refractivity contribution in [3.63, 3.8) is 0 Å². The topological polar surface area (TPSA) is 55.8 Å². The van der Waals surface area contributed by atoms with E-state index in [4.69, 9.17) is 9.47 Å². The van der Waals surface area contributed by atoms with Crippen molar-refractivity contribution < 1.29 is 19.1 Å². The van der Waals surface area contributed by atoms with E-state index in [1.165, 1.54) is 0 Å². The first-order valence-corrected chi connectivity index (χ1v) is 9.94. The fraction of sp³-hybridized carbons (Fsp3) is 0.200. The van der Waals surface area contributed by atoms with E-state index in [1.54, 1.807) is 38.1 Å². The third-order valence-electron chi connectivity index (χ3n) is 4.57. The van der Waals surface area contributed by atoms with Gasteiger partial charge in [0.15, 0.2) is 0 Å². The molecule has 0 heterocycles. The molecule has 5 nitrogen and oxygen atoms in total. The number of ether oxygens (including phenoxy) is 2. The molecular formula is C25H25NO4. The highest BCUT2D eigenvalue weighted by atomic mass is 16.5. The summed E-state index contributed by atoms with van der Waals surface area (Å²) in [5, 5.41) is 0. The van der Waals surface area contributed by atoms with Crippen molar-refractivity contribution in [2.75, 3.05) is 18.1 Å². The summed E-state index contributed by atoms with van der Waals surface area (Å²) >= 11 is 0. The molecule has 154 valence electrons. The van der Waals surface area contributed by atoms with Gasteiger partial charge < -0.3 is 14.4 Å². The van der Waals surface area contributed by atoms with Gasteiger partial charge in [-0.1, -0.05) is 17.7 Å². The molecular weight excluding hydrogens is 378 g/mol. The normalized spacial score (nSPS) is 10.4. The van der Waals surface area contributed by atoms with Crippen LogP contribution in [0.15, 0.2) is 72.8 Å². The van der Waals surface area contributed by atoms with E-state index in [0.29, 0.717) is 24.3 Å². The van der Waals surface area contributed by atoms with Crippen LogP contribution in [0.2, 0.25) is 0 Å². The molecule has 0 amide bonds. The number of hydrogen-bond acceptors (Lipinski definition) is 5. The predicted octanol–water partition coefficient (Wildman–Crippen LogP) is 5.82. The molecule has 0 saturated heterocycles. The summed E-state index contributed by atoms with van der Waals surface area (Å²) in [6, 6.07) is 22.7. The van der Waals surface area contributed by atoms with Crippen molar-refractivity contribution in [2.45, 2.75) is 20.8 Å². The average molecular weight is 403 g/mol. The van der Waals surface area contributed by atoms with Crippen LogP contribution in [0.5, 0.6) is 0 Å². The first-order valence-electron chi connectivity index (χ1n) is 9.94. The molecule has 3 aromatic rings. The molecule has 0 aromatic heterocycles. The SMILES string of the molecule is CCOC(=O)c1ccc(N(c2ccc(C)cc2)c2ccc(C(=O)OCC)cc2)cc1. The minimum absolute atomic E-state index is 0.336. The van der Waals surface area contributed by atoms with Crippen LogP contribution in [-0.4, -0.2) is 25.2 Å². The highest BCUT2D eigenvalue weighted by Gasteiger charge is 2.15. The molecule has 0 radical (unpaired) electrons. The highest BCUT2D eigenvalue weighted by Crippen LogP contribution is 2.34. The van der Waals surface area contributed by atoms with E-state index in [1.807, 2.05) is 55.5 Å². The molecule has 5 heteroatoms. The van der Waals surface area contributed by atoms with Crippen molar-refractivity contribution >= 4 is 29.0 Å². The van der Waals surface area contributed by atoms with Crippen LogP contribution in [-0.2, 0) is 9.47 Å². The maximum absolute atomic E-state index is 12.0. The van der Waals surface area contributed by atoms with Gasteiger partial charge in [-0.05, 0) is 81.4 Å². The molecule has 3 aromatic carbocycles. The lowest BCUT2D eigenvalue weighted by atomic mass is 10.1. The van der Waals surface area contributed by atoms with Gasteiger partial charge in [0.2, 0.25) is 0 Å². The van der Waals surface area contributed by atoms with Crippen LogP contribution in [0.1, 0.15) is 40.1 Å². The zero-order valence-corrected chi connectivity index (χ0v) is 17.4. The number of anilines is 3. The van der Waals surface area contributed by atoms with Crippen LogP contribution < -0.4 is 4.90 Å². The Morgan fingerprint density at radius 1 is 0.633 bits per heavy atom. The number of rotatable bonds is 7. The Hall–Kier alpha value is -3.60. The zero-order chi connectivity index (χ0) is 21.5. The van der Waals surface area contributed by atoms with E-state index < -0.39 is 0 Å². The first kappa shape index (κ1) is 21.1. The Bertz CT molecular complexity index is 931. The molecule has 0 aliphatic carbocycles. The smallest absolute Gasteiger partial charge is 0.338 e. The van der Waals surface area contributed by atoms with Gasteiger partial charge >= 0.3 is 11.9 Å². The van der Waals surface area contributed by atoms with Crippen molar-refractivity contribution in [1.29, 1.82) is 0 Å². The standard InChI is InChI=1S/C25H25NO4/c1-4-29-24(27)19-8-14-22(15-9-19)26(21-12-6-18(3)7-13-21)23-16-10-20(11-17-23)25(28)30-5-2/h6-17H,4-5H2,1-3H3. The summed E-state index contributed by atoms with van der Waals surface area (Å²) in [6.45, 7) is 6.28. The summed E-state index contributed by atoms with van der Waals surface area (Å²) in [4.78, 5) is 26.0. The molecule has 0 bridgehead atoms. The third-order valence-corrected chi connectivity index (χ3v) is 4.57. The van der Waals surface area contributed by atoms with Gasteiger partial charge in [0.25, 0.3) is 0 Å². The maximum atomic E-state index is 12.0. The Morgan fingerprint density at radius 3 is 1.30 bits per heavy atom. The Morgan fingerprint density at radius 2 is 0.967 bits per heavy atom. The molecule has 0 spiro atoms. The number of nitrogens with zero attached hydrogens (tertiary/aromatic N) is 1. The molecule has 3 rings (SSSR count). The largest absolute Gasteiger partial charge is 0.462 e. The molecule has 0 N–H and O–H groups in total. The summed E-state index contributed by atoms with van der Waals surface area (Å²) in [5.74, 6) is -0.686. The number of carbonyl (C=O) groups excluding carboxylic acids is 2. The lowest BCUT2D eigenvalue weighted by Crippen LogP contribution is -2.11. The summed E-state index contributed by atoms with van der Waals surface area (Å²) in [6.07, 6.45) is 0. The van der Waals surface area contributed by atoms with Gasteiger partial charge in [0.1, 0.15) is 0 Å². The quantitative estimate of drug-likeness (QED) is 0.465. The van der Waals surface area contributed by atoms with Gasteiger partial charge in [0.05, 0.1) is 24.3 Å². The zero-order valence-electron chi connectivity index (χ0n) is 17.4. The molecule has 0 saturated carbocycles. The van der Waals surface area contributed by atoms with Crippen LogP contribution >= 0.6 is 0 Å². The molecule has 30 heavy (non-hydrogen) atoms. The Labute approximate surface area is 176 Å². The van der Waals surface area contributed by atoms with Gasteiger partial charge in [-0.15, -0.1) is 0 Å². The Kier molecular flexibility index (Phi) is 6.86. The third kappa shape index (κ3) is 4.87. The summed E-state index contributed by atoms with van der Waals surface area (Å²) in [5.41, 5.74) is 4.90. The highest BCUT2D eigenvalue weighted by molar-refractivity contribution is 5.91. The second-order valence-corrected chi connectivity index (χ2v) is 6.71. The number of carbonyl (C=O) groups is 2. The Balaban J connectivity index is 1.98. The number of aryl methyl sites for hydroxylation is 1. The second-order valence-electron chi connectivity index (χ2n) is 6.71. The van der Waals surface area contributed by atoms with Crippen molar-refractivity contribution in [1.82, 2.24) is 0 Å². The fourth-order valence-electron chi connectivity index (χ4n) is 3.06. The van der Waals surface area contributed by atoms with Gasteiger partial charge in [-0.2, -0.15) is 0 Å². The van der Waals surface area contributed by atoms with Crippen LogP contribution in [0, 0.1) is 6.92 Å². The van der Waals surface area contributed by atoms with E-state index in [-0.39, 0.29) is 11.9 Å². The number of hydrogen-bond donors (Lipinski definition) is 0.